The van der Waals surface area contributed by atoms with Crippen molar-refractivity contribution in [2.24, 2.45) is 0 Å². The molecule has 1 N–H and O–H groups in total. The highest BCUT2D eigenvalue weighted by Crippen LogP contribution is 2.40. The van der Waals surface area contributed by atoms with E-state index >= 15 is 0 Å². The molecule has 3 rings (SSSR count). The number of amides is 1. The van der Waals surface area contributed by atoms with E-state index in [1.807, 2.05) is 6.92 Å². The van der Waals surface area contributed by atoms with Crippen LogP contribution >= 0.6 is 0 Å². The molecular weight excluding hydrogens is 362 g/mol. The average molecular weight is 383 g/mol. The van der Waals surface area contributed by atoms with E-state index in [9.17, 15) is 19.5 Å². The summed E-state index contributed by atoms with van der Waals surface area (Å²) in [5.41, 5.74) is 0.512. The fraction of sp³-hybridized carbons (Fsp3) is 0.286. The normalized spacial score (nSPS) is 16.6. The number of carbonyl (C=O) groups excluding carboxylic acids is 3. The van der Waals surface area contributed by atoms with Gasteiger partial charge in [-0.2, -0.15) is 0 Å². The van der Waals surface area contributed by atoms with Crippen LogP contribution in [0.5, 0.6) is 5.75 Å². The van der Waals surface area contributed by atoms with Crippen LogP contribution in [0.4, 0.5) is 0 Å². The summed E-state index contributed by atoms with van der Waals surface area (Å²) in [4.78, 5) is 38.4. The molecule has 0 bridgehead atoms. The summed E-state index contributed by atoms with van der Waals surface area (Å²) in [5, 5.41) is 10.5. The molecule has 1 aliphatic heterocycles. The predicted molar refractivity (Wildman–Crippen MR) is 99.8 cm³/mol. The summed E-state index contributed by atoms with van der Waals surface area (Å²) in [6, 6.07) is 8.83. The lowest BCUT2D eigenvalue weighted by Gasteiger charge is -2.26. The summed E-state index contributed by atoms with van der Waals surface area (Å²) >= 11 is 0. The van der Waals surface area contributed by atoms with Crippen molar-refractivity contribution in [1.29, 1.82) is 0 Å². The zero-order valence-corrected chi connectivity index (χ0v) is 15.7. The molecule has 7 nitrogen and oxygen atoms in total. The van der Waals surface area contributed by atoms with Gasteiger partial charge in [0.2, 0.25) is 5.78 Å². The number of esters is 1. The Hall–Kier alpha value is -3.35. The molecular formula is C21H21NO6. The van der Waals surface area contributed by atoms with Crippen molar-refractivity contribution < 1.29 is 28.6 Å². The van der Waals surface area contributed by atoms with Gasteiger partial charge in [0.15, 0.2) is 11.5 Å². The molecule has 2 heterocycles. The lowest BCUT2D eigenvalue weighted by molar-refractivity contribution is -0.132. The average Bonchev–Trinajstić information content (AvgIpc) is 3.28. The number of rotatable bonds is 7. The maximum absolute atomic E-state index is 13.0. The van der Waals surface area contributed by atoms with Gasteiger partial charge in [-0.1, -0.05) is 25.5 Å². The second-order valence-corrected chi connectivity index (χ2v) is 6.49. The molecule has 0 spiro atoms. The number of nitrogens with zero attached hydrogens (tertiary/aromatic N) is 1. The van der Waals surface area contributed by atoms with Gasteiger partial charge in [0.05, 0.1) is 17.9 Å². The first kappa shape index (κ1) is 19.4. The maximum Gasteiger partial charge on any atom is 0.308 e. The van der Waals surface area contributed by atoms with E-state index in [1.165, 1.54) is 24.2 Å². The van der Waals surface area contributed by atoms with E-state index < -0.39 is 29.5 Å². The number of unbranched alkanes of at least 4 members (excludes halogenated alkanes) is 1. The summed E-state index contributed by atoms with van der Waals surface area (Å²) in [6.07, 6.45) is 2.90. The number of furan rings is 1. The fourth-order valence-corrected chi connectivity index (χ4v) is 3.25. The maximum atomic E-state index is 13.0. The Morgan fingerprint density at radius 3 is 2.68 bits per heavy atom. The number of Topliss-reactive ketones (excluding diaryl/α,β-unsaturated/α-hetero) is 1. The molecule has 0 saturated carbocycles. The zero-order valence-electron chi connectivity index (χ0n) is 15.7. The third-order valence-corrected chi connectivity index (χ3v) is 4.48. The first-order valence-corrected chi connectivity index (χ1v) is 9.04. The molecule has 0 radical (unpaired) electrons. The van der Waals surface area contributed by atoms with E-state index in [0.29, 0.717) is 24.3 Å². The van der Waals surface area contributed by atoms with E-state index in [1.54, 1.807) is 30.3 Å². The van der Waals surface area contributed by atoms with E-state index in [4.69, 9.17) is 9.15 Å². The number of hydrogen-bond donors (Lipinski definition) is 1. The minimum Gasteiger partial charge on any atom is -0.503 e. The second-order valence-electron chi connectivity index (χ2n) is 6.49. The monoisotopic (exact) mass is 383 g/mol. The van der Waals surface area contributed by atoms with Crippen molar-refractivity contribution in [2.75, 3.05) is 6.54 Å². The van der Waals surface area contributed by atoms with Gasteiger partial charge in [-0.3, -0.25) is 14.4 Å². The van der Waals surface area contributed by atoms with Gasteiger partial charge in [-0.15, -0.1) is 0 Å². The second kappa shape index (κ2) is 8.12. The Labute approximate surface area is 162 Å². The molecule has 146 valence electrons. The largest absolute Gasteiger partial charge is 0.503 e. The van der Waals surface area contributed by atoms with Gasteiger partial charge in [-0.05, 0) is 36.2 Å². The fourth-order valence-electron chi connectivity index (χ4n) is 3.25. The number of benzene rings is 1. The number of hydrogen-bond acceptors (Lipinski definition) is 6. The molecule has 0 aliphatic carbocycles. The van der Waals surface area contributed by atoms with Crippen molar-refractivity contribution in [3.8, 4) is 5.75 Å². The van der Waals surface area contributed by atoms with Crippen LogP contribution < -0.4 is 4.74 Å². The smallest absolute Gasteiger partial charge is 0.308 e. The Balaban J connectivity index is 2.07. The van der Waals surface area contributed by atoms with Crippen LogP contribution in [0, 0.1) is 0 Å². The van der Waals surface area contributed by atoms with Gasteiger partial charge in [0.1, 0.15) is 5.75 Å². The van der Waals surface area contributed by atoms with Gasteiger partial charge >= 0.3 is 5.97 Å². The van der Waals surface area contributed by atoms with Crippen LogP contribution in [0.3, 0.4) is 0 Å². The van der Waals surface area contributed by atoms with Crippen molar-refractivity contribution in [3.63, 3.8) is 0 Å². The van der Waals surface area contributed by atoms with E-state index in [-0.39, 0.29) is 11.3 Å². The predicted octanol–water partition coefficient (Wildman–Crippen LogP) is 3.58. The van der Waals surface area contributed by atoms with Crippen LogP contribution in [0.2, 0.25) is 0 Å². The summed E-state index contributed by atoms with van der Waals surface area (Å²) in [6.45, 7) is 3.65. The molecule has 1 atom stereocenters. The Bertz CT molecular complexity index is 928. The first-order valence-electron chi connectivity index (χ1n) is 9.04. The Kier molecular flexibility index (Phi) is 5.63. The molecule has 1 unspecified atom stereocenters. The van der Waals surface area contributed by atoms with Crippen molar-refractivity contribution >= 4 is 17.7 Å². The highest BCUT2D eigenvalue weighted by Gasteiger charge is 2.44. The van der Waals surface area contributed by atoms with E-state index in [0.717, 1.165) is 6.42 Å². The standard InChI is InChI=1S/C21H21NO6/c1-3-4-10-22-18(14-7-5-8-15(12-14)28-13(2)23)17(20(25)21(22)26)19(24)16-9-6-11-27-16/h5-9,11-12,18,25H,3-4,10H2,1-2H3. The van der Waals surface area contributed by atoms with Gasteiger partial charge < -0.3 is 19.2 Å². The van der Waals surface area contributed by atoms with Gasteiger partial charge in [0.25, 0.3) is 5.91 Å². The molecule has 1 aliphatic rings. The highest BCUT2D eigenvalue weighted by molar-refractivity contribution is 6.15. The van der Waals surface area contributed by atoms with Gasteiger partial charge in [-0.25, -0.2) is 0 Å². The third kappa shape index (κ3) is 3.69. The Morgan fingerprint density at radius 2 is 2.04 bits per heavy atom. The topological polar surface area (TPSA) is 97.1 Å². The number of aliphatic hydroxyl groups is 1. The van der Waals surface area contributed by atoms with Crippen LogP contribution in [-0.4, -0.2) is 34.2 Å². The SMILES string of the molecule is CCCCN1C(=O)C(O)=C(C(=O)c2ccco2)C1c1cccc(OC(C)=O)c1. The Morgan fingerprint density at radius 1 is 1.25 bits per heavy atom. The molecule has 7 heteroatoms. The summed E-state index contributed by atoms with van der Waals surface area (Å²) in [7, 11) is 0. The van der Waals surface area contributed by atoms with Crippen LogP contribution in [0.15, 0.2) is 58.4 Å². The van der Waals surface area contributed by atoms with Gasteiger partial charge in [0, 0.05) is 13.5 Å². The molecule has 0 fully saturated rings. The molecule has 1 aromatic carbocycles. The summed E-state index contributed by atoms with van der Waals surface area (Å²) < 4.78 is 10.3. The minimum absolute atomic E-state index is 0.0350. The summed E-state index contributed by atoms with van der Waals surface area (Å²) in [5.74, 6) is -1.89. The lowest BCUT2D eigenvalue weighted by atomic mass is 9.95. The van der Waals surface area contributed by atoms with E-state index in [2.05, 4.69) is 0 Å². The zero-order chi connectivity index (χ0) is 20.3. The van der Waals surface area contributed by atoms with Crippen LogP contribution in [-0.2, 0) is 9.59 Å². The molecule has 0 saturated heterocycles. The number of aliphatic hydroxyl groups excluding tert-OH is 1. The number of ketones is 1. The van der Waals surface area contributed by atoms with Crippen LogP contribution in [0.25, 0.3) is 0 Å². The van der Waals surface area contributed by atoms with Crippen molar-refractivity contribution in [1.82, 2.24) is 4.90 Å². The minimum atomic E-state index is -0.799. The molecule has 2 aromatic rings. The molecule has 1 aromatic heterocycles. The third-order valence-electron chi connectivity index (χ3n) is 4.48. The molecule has 1 amide bonds. The quantitative estimate of drug-likeness (QED) is 0.446. The highest BCUT2D eigenvalue weighted by atomic mass is 16.5. The lowest BCUT2D eigenvalue weighted by Crippen LogP contribution is -2.32. The molecule has 28 heavy (non-hydrogen) atoms. The number of ether oxygens (including phenoxy) is 1. The van der Waals surface area contributed by atoms with Crippen LogP contribution in [0.1, 0.15) is 48.8 Å². The van der Waals surface area contributed by atoms with Crippen molar-refractivity contribution in [2.45, 2.75) is 32.7 Å². The number of carbonyl (C=O) groups is 3. The van der Waals surface area contributed by atoms with Crippen molar-refractivity contribution in [3.05, 3.63) is 65.3 Å². The first-order chi connectivity index (χ1) is 13.4.